The number of carboxylic acids is 1. The second-order valence-electron chi connectivity index (χ2n) is 1.83. The number of carboxylic acid groups (broad SMARTS) is 1. The van der Waals surface area contributed by atoms with Crippen molar-refractivity contribution in [2.45, 2.75) is 17.7 Å². The van der Waals surface area contributed by atoms with Crippen LogP contribution >= 0.6 is 23.2 Å². The number of halogens is 2. The van der Waals surface area contributed by atoms with Crippen molar-refractivity contribution in [3.8, 4) is 0 Å². The second kappa shape index (κ2) is 3.21. The smallest absolute Gasteiger partial charge is 0.306 e. The van der Waals surface area contributed by atoms with Crippen LogP contribution in [0, 0.1) is 0 Å². The van der Waals surface area contributed by atoms with Gasteiger partial charge in [-0.05, 0) is 6.92 Å². The fourth-order valence-electron chi connectivity index (χ4n) is 0.314. The number of Topliss-reactive ketones (excluding diaryl/α,β-unsaturated/α-hetero) is 1. The molecule has 3 nitrogen and oxygen atoms in total. The van der Waals surface area contributed by atoms with Gasteiger partial charge in [0.05, 0.1) is 6.42 Å². The Hall–Kier alpha value is -0.280. The van der Waals surface area contributed by atoms with Gasteiger partial charge in [-0.15, -0.1) is 0 Å². The Morgan fingerprint density at radius 2 is 1.90 bits per heavy atom. The summed E-state index contributed by atoms with van der Waals surface area (Å²) in [6, 6.07) is 0. The maximum absolute atomic E-state index is 10.5. The van der Waals surface area contributed by atoms with Crippen molar-refractivity contribution in [2.24, 2.45) is 0 Å². The van der Waals surface area contributed by atoms with Gasteiger partial charge in [-0.1, -0.05) is 23.2 Å². The Morgan fingerprint density at radius 3 is 2.00 bits per heavy atom. The molecule has 0 amide bonds. The first-order chi connectivity index (χ1) is 4.36. The summed E-state index contributed by atoms with van der Waals surface area (Å²) in [4.78, 5) is 20.5. The number of hydrogen-bond acceptors (Lipinski definition) is 2. The summed E-state index contributed by atoms with van der Waals surface area (Å²) >= 11 is 10.6. The predicted molar refractivity (Wildman–Crippen MR) is 37.4 cm³/mol. The van der Waals surface area contributed by atoms with Crippen LogP contribution in [0.15, 0.2) is 0 Å². The molecule has 0 fully saturated rings. The van der Waals surface area contributed by atoms with Crippen LogP contribution in [0.3, 0.4) is 0 Å². The zero-order valence-electron chi connectivity index (χ0n) is 5.23. The minimum Gasteiger partial charge on any atom is -0.481 e. The second-order valence-corrected chi connectivity index (χ2v) is 3.32. The Morgan fingerprint density at radius 1 is 1.50 bits per heavy atom. The van der Waals surface area contributed by atoms with E-state index in [0.717, 1.165) is 6.92 Å². The number of hydrogen-bond donors (Lipinski definition) is 1. The van der Waals surface area contributed by atoms with Crippen molar-refractivity contribution in [3.63, 3.8) is 0 Å². The maximum atomic E-state index is 10.5. The number of aliphatic carboxylic acids is 1. The summed E-state index contributed by atoms with van der Waals surface area (Å²) in [5.74, 6) is -1.75. The van der Waals surface area contributed by atoms with Crippen molar-refractivity contribution in [2.75, 3.05) is 0 Å². The van der Waals surface area contributed by atoms with Crippen LogP contribution in [0.4, 0.5) is 0 Å². The molecule has 0 atom stereocenters. The van der Waals surface area contributed by atoms with E-state index in [0.29, 0.717) is 0 Å². The molecule has 0 aromatic carbocycles. The third-order valence-electron chi connectivity index (χ3n) is 0.888. The van der Waals surface area contributed by atoms with E-state index in [2.05, 4.69) is 0 Å². The van der Waals surface area contributed by atoms with Gasteiger partial charge in [0.2, 0.25) is 0 Å². The zero-order valence-corrected chi connectivity index (χ0v) is 6.74. The maximum Gasteiger partial charge on any atom is 0.306 e. The van der Waals surface area contributed by atoms with Crippen LogP contribution in [0.2, 0.25) is 0 Å². The Labute approximate surface area is 67.9 Å². The van der Waals surface area contributed by atoms with Gasteiger partial charge in [-0.2, -0.15) is 0 Å². The molecule has 0 unspecified atom stereocenters. The van der Waals surface area contributed by atoms with Crippen molar-refractivity contribution in [1.29, 1.82) is 0 Å². The molecular formula is C5H6Cl2O3. The molecule has 0 radical (unpaired) electrons. The van der Waals surface area contributed by atoms with E-state index in [1.54, 1.807) is 0 Å². The molecule has 5 heteroatoms. The molecule has 0 bridgehead atoms. The third kappa shape index (κ3) is 3.03. The van der Waals surface area contributed by atoms with Crippen LogP contribution in [-0.4, -0.2) is 21.2 Å². The van der Waals surface area contributed by atoms with Crippen molar-refractivity contribution >= 4 is 35.0 Å². The Balaban J connectivity index is 4.13. The molecule has 0 heterocycles. The van der Waals surface area contributed by atoms with Gasteiger partial charge in [0.25, 0.3) is 0 Å². The minimum atomic E-state index is -1.77. The number of alkyl halides is 2. The van der Waals surface area contributed by atoms with E-state index in [-0.39, 0.29) is 0 Å². The standard InChI is InChI=1S/C5H6Cl2O3/c1-3(8)5(6,7)2-4(9)10/h2H2,1H3,(H,9,10). The average molecular weight is 185 g/mol. The largest absolute Gasteiger partial charge is 0.481 e. The van der Waals surface area contributed by atoms with Gasteiger partial charge in [0, 0.05) is 0 Å². The summed E-state index contributed by atoms with van der Waals surface area (Å²) < 4.78 is -1.77. The molecule has 0 aliphatic rings. The first-order valence-corrected chi connectivity index (χ1v) is 3.22. The summed E-state index contributed by atoms with van der Waals surface area (Å²) in [6.45, 7) is 1.14. The Bertz CT molecular complexity index is 164. The van der Waals surface area contributed by atoms with Gasteiger partial charge in [0.15, 0.2) is 10.1 Å². The molecule has 10 heavy (non-hydrogen) atoms. The molecule has 0 saturated heterocycles. The van der Waals surface area contributed by atoms with Gasteiger partial charge in [-0.3, -0.25) is 9.59 Å². The normalized spacial score (nSPS) is 11.1. The van der Waals surface area contributed by atoms with Crippen molar-refractivity contribution in [3.05, 3.63) is 0 Å². The van der Waals surface area contributed by atoms with E-state index in [1.807, 2.05) is 0 Å². The highest BCUT2D eigenvalue weighted by Crippen LogP contribution is 2.25. The first kappa shape index (κ1) is 9.72. The van der Waals surface area contributed by atoms with E-state index < -0.39 is 22.5 Å². The summed E-state index contributed by atoms with van der Waals surface area (Å²) in [6.07, 6.45) is -0.564. The zero-order chi connectivity index (χ0) is 8.36. The molecule has 0 rings (SSSR count). The van der Waals surface area contributed by atoms with E-state index in [9.17, 15) is 9.59 Å². The van der Waals surface area contributed by atoms with E-state index >= 15 is 0 Å². The lowest BCUT2D eigenvalue weighted by Gasteiger charge is -2.11. The SMILES string of the molecule is CC(=O)C(Cl)(Cl)CC(=O)O. The molecule has 0 aliphatic heterocycles. The monoisotopic (exact) mass is 184 g/mol. The highest BCUT2D eigenvalue weighted by molar-refractivity contribution is 6.58. The van der Waals surface area contributed by atoms with Crippen LogP contribution in [0.1, 0.15) is 13.3 Å². The van der Waals surface area contributed by atoms with Crippen LogP contribution in [-0.2, 0) is 9.59 Å². The highest BCUT2D eigenvalue weighted by atomic mass is 35.5. The quantitative estimate of drug-likeness (QED) is 0.672. The highest BCUT2D eigenvalue weighted by Gasteiger charge is 2.32. The molecule has 0 saturated carbocycles. The number of carbonyl (C=O) groups excluding carboxylic acids is 1. The summed E-state index contributed by atoms with van der Waals surface area (Å²) in [5.41, 5.74) is 0. The lowest BCUT2D eigenvalue weighted by molar-refractivity contribution is -0.138. The lowest BCUT2D eigenvalue weighted by atomic mass is 10.2. The third-order valence-corrected chi connectivity index (χ3v) is 1.69. The molecule has 0 aliphatic carbocycles. The average Bonchev–Trinajstić information content (AvgIpc) is 1.60. The predicted octanol–water partition coefficient (Wildman–Crippen LogP) is 1.22. The van der Waals surface area contributed by atoms with Crippen molar-refractivity contribution in [1.82, 2.24) is 0 Å². The first-order valence-electron chi connectivity index (χ1n) is 2.47. The summed E-state index contributed by atoms with van der Waals surface area (Å²) in [7, 11) is 0. The number of ketones is 1. The molecular weight excluding hydrogens is 179 g/mol. The molecule has 1 N–H and O–H groups in total. The van der Waals surface area contributed by atoms with Crippen LogP contribution < -0.4 is 0 Å². The lowest BCUT2D eigenvalue weighted by Crippen LogP contribution is -2.26. The molecule has 0 spiro atoms. The van der Waals surface area contributed by atoms with E-state index in [4.69, 9.17) is 28.3 Å². The molecule has 0 aromatic rings. The van der Waals surface area contributed by atoms with Crippen molar-refractivity contribution < 1.29 is 14.7 Å². The van der Waals surface area contributed by atoms with Gasteiger partial charge >= 0.3 is 5.97 Å². The minimum absolute atomic E-state index is 0.557. The van der Waals surface area contributed by atoms with Crippen LogP contribution in [0.5, 0.6) is 0 Å². The number of carbonyl (C=O) groups is 2. The fraction of sp³-hybridized carbons (Fsp3) is 0.600. The topological polar surface area (TPSA) is 54.4 Å². The molecule has 58 valence electrons. The summed E-state index contributed by atoms with van der Waals surface area (Å²) in [5, 5.41) is 8.18. The fourth-order valence-corrected chi connectivity index (χ4v) is 0.543. The number of rotatable bonds is 3. The Kier molecular flexibility index (Phi) is 3.12. The molecule has 0 aromatic heterocycles. The van der Waals surface area contributed by atoms with Gasteiger partial charge in [-0.25, -0.2) is 0 Å². The van der Waals surface area contributed by atoms with Gasteiger partial charge < -0.3 is 5.11 Å². The van der Waals surface area contributed by atoms with Gasteiger partial charge in [0.1, 0.15) is 0 Å². The van der Waals surface area contributed by atoms with Crippen LogP contribution in [0.25, 0.3) is 0 Å². The van der Waals surface area contributed by atoms with E-state index in [1.165, 1.54) is 0 Å².